The molecule has 0 unspecified atom stereocenters. The van der Waals surface area contributed by atoms with E-state index in [9.17, 15) is 9.59 Å². The number of H-pyrrole nitrogens is 1. The minimum atomic E-state index is -0.359. The van der Waals surface area contributed by atoms with Gasteiger partial charge in [0.05, 0.1) is 34.7 Å². The molecule has 0 aliphatic rings. The minimum absolute atomic E-state index is 0.200. The summed E-state index contributed by atoms with van der Waals surface area (Å²) in [7, 11) is 0. The standard InChI is InChI=1S/C22H20N6O3/c1-3-8-27-17-9-13(2)31-21(17)14-10-24-28(22(30)20(14)27)12-19(29)23-11-18-25-15-6-4-5-7-16(15)26-18/h3-7,9-10H,1,8,11-12H2,2H3,(H,23,29)(H,25,26). The minimum Gasteiger partial charge on any atom is -0.459 e. The number of nitrogens with one attached hydrogen (secondary N) is 2. The van der Waals surface area contributed by atoms with E-state index in [0.717, 1.165) is 27.0 Å². The van der Waals surface area contributed by atoms with Gasteiger partial charge in [-0.25, -0.2) is 9.67 Å². The monoisotopic (exact) mass is 416 g/mol. The molecule has 0 atom stereocenters. The van der Waals surface area contributed by atoms with E-state index >= 15 is 0 Å². The van der Waals surface area contributed by atoms with Crippen LogP contribution in [0.15, 0.2) is 58.4 Å². The predicted molar refractivity (Wildman–Crippen MR) is 117 cm³/mol. The first kappa shape index (κ1) is 18.9. The topological polar surface area (TPSA) is 111 Å². The van der Waals surface area contributed by atoms with Gasteiger partial charge in [-0.3, -0.25) is 9.59 Å². The summed E-state index contributed by atoms with van der Waals surface area (Å²) in [4.78, 5) is 33.2. The van der Waals surface area contributed by atoms with Crippen molar-refractivity contribution in [2.24, 2.45) is 0 Å². The lowest BCUT2D eigenvalue weighted by molar-refractivity contribution is -0.122. The van der Waals surface area contributed by atoms with Crippen molar-refractivity contribution in [3.63, 3.8) is 0 Å². The van der Waals surface area contributed by atoms with Crippen LogP contribution < -0.4 is 10.9 Å². The number of carbonyl (C=O) groups is 1. The van der Waals surface area contributed by atoms with Crippen LogP contribution in [-0.4, -0.2) is 30.2 Å². The number of benzene rings is 1. The van der Waals surface area contributed by atoms with Crippen molar-refractivity contribution >= 4 is 38.9 Å². The summed E-state index contributed by atoms with van der Waals surface area (Å²) in [6, 6.07) is 9.51. The summed E-state index contributed by atoms with van der Waals surface area (Å²) in [6.07, 6.45) is 3.28. The zero-order chi connectivity index (χ0) is 21.5. The summed E-state index contributed by atoms with van der Waals surface area (Å²) in [5.41, 5.74) is 3.23. The fraction of sp³-hybridized carbons (Fsp3) is 0.182. The van der Waals surface area contributed by atoms with Gasteiger partial charge >= 0.3 is 0 Å². The first-order valence-corrected chi connectivity index (χ1v) is 9.85. The molecule has 5 rings (SSSR count). The summed E-state index contributed by atoms with van der Waals surface area (Å²) >= 11 is 0. The molecule has 4 aromatic heterocycles. The van der Waals surface area contributed by atoms with Gasteiger partial charge in [-0.15, -0.1) is 6.58 Å². The zero-order valence-corrected chi connectivity index (χ0v) is 16.9. The Kier molecular flexibility index (Phi) is 4.43. The van der Waals surface area contributed by atoms with Crippen LogP contribution in [-0.2, 0) is 24.4 Å². The van der Waals surface area contributed by atoms with Crippen molar-refractivity contribution < 1.29 is 9.21 Å². The number of nitrogens with zero attached hydrogens (tertiary/aromatic N) is 4. The largest absolute Gasteiger partial charge is 0.459 e. The highest BCUT2D eigenvalue weighted by Gasteiger charge is 2.19. The number of imidazole rings is 1. The summed E-state index contributed by atoms with van der Waals surface area (Å²) in [6.45, 7) is 6.10. The fourth-order valence-corrected chi connectivity index (χ4v) is 3.82. The van der Waals surface area contributed by atoms with Gasteiger partial charge in [-0.2, -0.15) is 5.10 Å². The predicted octanol–water partition coefficient (Wildman–Crippen LogP) is 2.63. The van der Waals surface area contributed by atoms with Crippen molar-refractivity contribution in [2.75, 3.05) is 0 Å². The quantitative estimate of drug-likeness (QED) is 0.414. The molecule has 156 valence electrons. The first-order chi connectivity index (χ1) is 15.0. The molecule has 5 aromatic rings. The van der Waals surface area contributed by atoms with Crippen LogP contribution in [0.4, 0.5) is 0 Å². The molecule has 9 heteroatoms. The molecule has 9 nitrogen and oxygen atoms in total. The lowest BCUT2D eigenvalue weighted by atomic mass is 10.3. The Morgan fingerprint density at radius 1 is 1.35 bits per heavy atom. The Morgan fingerprint density at radius 2 is 2.19 bits per heavy atom. The lowest BCUT2D eigenvalue weighted by Gasteiger charge is -2.07. The van der Waals surface area contributed by atoms with E-state index in [1.807, 2.05) is 41.8 Å². The van der Waals surface area contributed by atoms with Crippen molar-refractivity contribution in [1.82, 2.24) is 29.6 Å². The summed E-state index contributed by atoms with van der Waals surface area (Å²) in [5.74, 6) is 1.05. The first-order valence-electron chi connectivity index (χ1n) is 9.85. The third-order valence-corrected chi connectivity index (χ3v) is 5.16. The van der Waals surface area contributed by atoms with Gasteiger partial charge in [0.15, 0.2) is 5.58 Å². The Labute approximate surface area is 176 Å². The van der Waals surface area contributed by atoms with Gasteiger partial charge in [0, 0.05) is 12.6 Å². The van der Waals surface area contributed by atoms with Crippen LogP contribution in [0.5, 0.6) is 0 Å². The van der Waals surface area contributed by atoms with Crippen molar-refractivity contribution in [3.05, 3.63) is 71.1 Å². The molecule has 0 saturated heterocycles. The third kappa shape index (κ3) is 3.20. The smallest absolute Gasteiger partial charge is 0.291 e. The molecule has 31 heavy (non-hydrogen) atoms. The molecule has 0 fully saturated rings. The van der Waals surface area contributed by atoms with Gasteiger partial charge in [0.2, 0.25) is 5.91 Å². The molecule has 0 bridgehead atoms. The summed E-state index contributed by atoms with van der Waals surface area (Å²) < 4.78 is 8.75. The highest BCUT2D eigenvalue weighted by Crippen LogP contribution is 2.29. The maximum atomic E-state index is 13.1. The second kappa shape index (κ2) is 7.28. The van der Waals surface area contributed by atoms with E-state index in [0.29, 0.717) is 28.9 Å². The molecule has 0 radical (unpaired) electrons. The number of furan rings is 1. The average molecular weight is 416 g/mol. The SMILES string of the molecule is C=CCn1c2cc(C)oc2c2cnn(CC(=O)NCc3nc4ccccc4[nH]3)c(=O)c21. The lowest BCUT2D eigenvalue weighted by Crippen LogP contribution is -2.34. The van der Waals surface area contributed by atoms with Gasteiger partial charge < -0.3 is 19.3 Å². The van der Waals surface area contributed by atoms with Crippen LogP contribution in [0, 0.1) is 6.92 Å². The Morgan fingerprint density at radius 3 is 3.00 bits per heavy atom. The molecular weight excluding hydrogens is 396 g/mol. The molecule has 1 amide bonds. The second-order valence-electron chi connectivity index (χ2n) is 7.32. The highest BCUT2D eigenvalue weighted by atomic mass is 16.3. The normalized spacial score (nSPS) is 11.5. The Hall–Kier alpha value is -4.14. The van der Waals surface area contributed by atoms with Gasteiger partial charge in [-0.05, 0) is 19.1 Å². The molecule has 0 spiro atoms. The van der Waals surface area contributed by atoms with E-state index in [2.05, 4.69) is 27.0 Å². The third-order valence-electron chi connectivity index (χ3n) is 5.16. The van der Waals surface area contributed by atoms with E-state index in [1.165, 1.54) is 0 Å². The number of carbonyl (C=O) groups excluding carboxylic acids is 1. The molecular formula is C22H20N6O3. The number of aryl methyl sites for hydroxylation is 1. The van der Waals surface area contributed by atoms with Crippen LogP contribution in [0.3, 0.4) is 0 Å². The van der Waals surface area contributed by atoms with Gasteiger partial charge in [-0.1, -0.05) is 18.2 Å². The molecule has 0 saturated carbocycles. The highest BCUT2D eigenvalue weighted by molar-refractivity contribution is 6.04. The molecule has 2 N–H and O–H groups in total. The number of amides is 1. The molecule has 4 heterocycles. The van der Waals surface area contributed by atoms with Crippen molar-refractivity contribution in [3.8, 4) is 0 Å². The number of hydrogen-bond acceptors (Lipinski definition) is 5. The van der Waals surface area contributed by atoms with Crippen molar-refractivity contribution in [2.45, 2.75) is 26.6 Å². The second-order valence-corrected chi connectivity index (χ2v) is 7.32. The Balaban J connectivity index is 1.41. The molecule has 0 aliphatic heterocycles. The number of aromatic amines is 1. The van der Waals surface area contributed by atoms with E-state index in [4.69, 9.17) is 4.42 Å². The average Bonchev–Trinajstić information content (AvgIpc) is 3.41. The van der Waals surface area contributed by atoms with E-state index in [1.54, 1.807) is 12.3 Å². The summed E-state index contributed by atoms with van der Waals surface area (Å²) in [5, 5.41) is 7.59. The number of para-hydroxylation sites is 2. The van der Waals surface area contributed by atoms with E-state index < -0.39 is 0 Å². The fourth-order valence-electron chi connectivity index (χ4n) is 3.82. The zero-order valence-electron chi connectivity index (χ0n) is 16.9. The number of aromatic nitrogens is 5. The maximum Gasteiger partial charge on any atom is 0.291 e. The van der Waals surface area contributed by atoms with Gasteiger partial charge in [0.1, 0.15) is 23.6 Å². The number of hydrogen-bond donors (Lipinski definition) is 2. The molecule has 1 aromatic carbocycles. The number of fused-ring (bicyclic) bond motifs is 4. The van der Waals surface area contributed by atoms with E-state index in [-0.39, 0.29) is 24.6 Å². The number of rotatable bonds is 6. The maximum absolute atomic E-state index is 13.1. The van der Waals surface area contributed by atoms with Gasteiger partial charge in [0.25, 0.3) is 5.56 Å². The van der Waals surface area contributed by atoms with Crippen LogP contribution in [0.25, 0.3) is 33.0 Å². The van der Waals surface area contributed by atoms with Crippen LogP contribution in [0.2, 0.25) is 0 Å². The van der Waals surface area contributed by atoms with Crippen LogP contribution >= 0.6 is 0 Å². The Bertz CT molecular complexity index is 1480. The molecule has 0 aliphatic carbocycles. The van der Waals surface area contributed by atoms with Crippen LogP contribution in [0.1, 0.15) is 11.6 Å². The number of allylic oxidation sites excluding steroid dienone is 1. The van der Waals surface area contributed by atoms with Crippen molar-refractivity contribution in [1.29, 1.82) is 0 Å².